The zero-order valence-electron chi connectivity index (χ0n) is 9.18. The maximum Gasteiger partial charge on any atom is 0.170 e. The van der Waals surface area contributed by atoms with Gasteiger partial charge in [0.25, 0.3) is 0 Å². The smallest absolute Gasteiger partial charge is 0.170 e. The summed E-state index contributed by atoms with van der Waals surface area (Å²) in [4.78, 5) is 10.6. The van der Waals surface area contributed by atoms with Crippen LogP contribution >= 0.6 is 0 Å². The Morgan fingerprint density at radius 1 is 1.38 bits per heavy atom. The van der Waals surface area contributed by atoms with Gasteiger partial charge in [0.15, 0.2) is 6.29 Å². The van der Waals surface area contributed by atoms with Gasteiger partial charge < -0.3 is 4.74 Å². The molecule has 0 fully saturated rings. The second-order valence-corrected chi connectivity index (χ2v) is 3.44. The standard InChI is InChI=1S/C12H12N2O2/c1-9-6-10(8-15)13-14(9)11-4-3-5-12(7-11)16-2/h3-8H,1-2H3. The van der Waals surface area contributed by atoms with Gasteiger partial charge in [-0.1, -0.05) is 6.07 Å². The Bertz CT molecular complexity index is 517. The summed E-state index contributed by atoms with van der Waals surface area (Å²) in [6, 6.07) is 9.27. The first-order valence-electron chi connectivity index (χ1n) is 4.91. The lowest BCUT2D eigenvalue weighted by atomic mass is 10.3. The molecule has 0 aliphatic heterocycles. The summed E-state index contributed by atoms with van der Waals surface area (Å²) in [6.07, 6.45) is 0.740. The fourth-order valence-corrected chi connectivity index (χ4v) is 1.56. The molecule has 0 bridgehead atoms. The molecule has 82 valence electrons. The van der Waals surface area contributed by atoms with Gasteiger partial charge >= 0.3 is 0 Å². The highest BCUT2D eigenvalue weighted by molar-refractivity contribution is 5.72. The van der Waals surface area contributed by atoms with Gasteiger partial charge in [0.2, 0.25) is 0 Å². The minimum Gasteiger partial charge on any atom is -0.497 e. The molecule has 2 rings (SSSR count). The lowest BCUT2D eigenvalue weighted by molar-refractivity contribution is 0.111. The third kappa shape index (κ3) is 1.82. The lowest BCUT2D eigenvalue weighted by Gasteiger charge is -2.06. The van der Waals surface area contributed by atoms with Gasteiger partial charge in [-0.15, -0.1) is 0 Å². The average molecular weight is 216 g/mol. The van der Waals surface area contributed by atoms with E-state index in [-0.39, 0.29) is 0 Å². The van der Waals surface area contributed by atoms with Gasteiger partial charge in [-0.2, -0.15) is 5.10 Å². The number of carbonyl (C=O) groups excluding carboxylic acids is 1. The minimum absolute atomic E-state index is 0.431. The Balaban J connectivity index is 2.48. The van der Waals surface area contributed by atoms with Crippen LogP contribution in [-0.4, -0.2) is 23.2 Å². The summed E-state index contributed by atoms with van der Waals surface area (Å²) in [6.45, 7) is 1.90. The summed E-state index contributed by atoms with van der Waals surface area (Å²) in [5.41, 5.74) is 2.22. The predicted octanol–water partition coefficient (Wildman–Crippen LogP) is 2.00. The van der Waals surface area contributed by atoms with Crippen molar-refractivity contribution in [2.24, 2.45) is 0 Å². The summed E-state index contributed by atoms with van der Waals surface area (Å²) >= 11 is 0. The molecular weight excluding hydrogens is 204 g/mol. The molecule has 16 heavy (non-hydrogen) atoms. The number of aromatic nitrogens is 2. The van der Waals surface area contributed by atoms with Crippen molar-refractivity contribution in [2.45, 2.75) is 6.92 Å². The molecule has 0 aliphatic carbocycles. The molecule has 1 heterocycles. The van der Waals surface area contributed by atoms with Crippen LogP contribution in [0.4, 0.5) is 0 Å². The highest BCUT2D eigenvalue weighted by Crippen LogP contribution is 2.17. The SMILES string of the molecule is COc1cccc(-n2nc(C=O)cc2C)c1. The third-order valence-corrected chi connectivity index (χ3v) is 2.32. The Morgan fingerprint density at radius 3 is 2.81 bits per heavy atom. The van der Waals surface area contributed by atoms with E-state index in [0.29, 0.717) is 5.69 Å². The molecule has 0 saturated heterocycles. The number of aldehydes is 1. The van der Waals surface area contributed by atoms with Crippen LogP contribution in [0.3, 0.4) is 0 Å². The van der Waals surface area contributed by atoms with E-state index >= 15 is 0 Å². The van der Waals surface area contributed by atoms with Crippen molar-refractivity contribution < 1.29 is 9.53 Å². The first-order valence-corrected chi connectivity index (χ1v) is 4.91. The van der Waals surface area contributed by atoms with E-state index in [1.165, 1.54) is 0 Å². The van der Waals surface area contributed by atoms with Crippen molar-refractivity contribution in [1.29, 1.82) is 0 Å². The van der Waals surface area contributed by atoms with E-state index < -0.39 is 0 Å². The van der Waals surface area contributed by atoms with E-state index in [4.69, 9.17) is 4.74 Å². The zero-order valence-corrected chi connectivity index (χ0v) is 9.18. The van der Waals surface area contributed by atoms with Crippen molar-refractivity contribution >= 4 is 6.29 Å². The summed E-state index contributed by atoms with van der Waals surface area (Å²) in [5, 5.41) is 4.17. The van der Waals surface area contributed by atoms with Crippen LogP contribution in [0.15, 0.2) is 30.3 Å². The molecule has 1 aromatic carbocycles. The molecule has 0 spiro atoms. The van der Waals surface area contributed by atoms with E-state index in [0.717, 1.165) is 23.4 Å². The summed E-state index contributed by atoms with van der Waals surface area (Å²) in [5.74, 6) is 0.764. The van der Waals surface area contributed by atoms with Gasteiger partial charge in [0.1, 0.15) is 11.4 Å². The number of carbonyl (C=O) groups is 1. The monoisotopic (exact) mass is 216 g/mol. The van der Waals surface area contributed by atoms with Gasteiger partial charge in [0.05, 0.1) is 12.8 Å². The molecular formula is C12H12N2O2. The number of hydrogen-bond acceptors (Lipinski definition) is 3. The van der Waals surface area contributed by atoms with Crippen LogP contribution in [0.5, 0.6) is 5.75 Å². The van der Waals surface area contributed by atoms with Crippen LogP contribution in [-0.2, 0) is 0 Å². The maximum atomic E-state index is 10.6. The number of aryl methyl sites for hydroxylation is 1. The largest absolute Gasteiger partial charge is 0.497 e. The number of benzene rings is 1. The summed E-state index contributed by atoms with van der Waals surface area (Å²) in [7, 11) is 1.62. The lowest BCUT2D eigenvalue weighted by Crippen LogP contribution is -1.99. The molecule has 0 N–H and O–H groups in total. The molecule has 2 aromatic rings. The predicted molar refractivity (Wildman–Crippen MR) is 60.2 cm³/mol. The molecule has 0 saturated carbocycles. The number of rotatable bonds is 3. The fraction of sp³-hybridized carbons (Fsp3) is 0.167. The van der Waals surface area contributed by atoms with Crippen LogP contribution in [0.2, 0.25) is 0 Å². The van der Waals surface area contributed by atoms with Crippen LogP contribution < -0.4 is 4.74 Å². The van der Waals surface area contributed by atoms with Gasteiger partial charge in [-0.05, 0) is 25.1 Å². The Labute approximate surface area is 93.5 Å². The van der Waals surface area contributed by atoms with Crippen molar-refractivity contribution in [1.82, 2.24) is 9.78 Å². The minimum atomic E-state index is 0.431. The second kappa shape index (κ2) is 4.18. The molecule has 0 atom stereocenters. The molecule has 4 heteroatoms. The third-order valence-electron chi connectivity index (χ3n) is 2.32. The maximum absolute atomic E-state index is 10.6. The van der Waals surface area contributed by atoms with Crippen molar-refractivity contribution in [3.63, 3.8) is 0 Å². The quantitative estimate of drug-likeness (QED) is 0.737. The first kappa shape index (κ1) is 10.4. The molecule has 0 unspecified atom stereocenters. The van der Waals surface area contributed by atoms with Crippen molar-refractivity contribution in [3.05, 3.63) is 41.7 Å². The molecule has 4 nitrogen and oxygen atoms in total. The van der Waals surface area contributed by atoms with E-state index in [2.05, 4.69) is 5.10 Å². The molecule has 0 aliphatic rings. The van der Waals surface area contributed by atoms with E-state index in [9.17, 15) is 4.79 Å². The Kier molecular flexibility index (Phi) is 2.72. The topological polar surface area (TPSA) is 44.1 Å². The van der Waals surface area contributed by atoms with Crippen LogP contribution in [0.25, 0.3) is 5.69 Å². The Morgan fingerprint density at radius 2 is 2.19 bits per heavy atom. The summed E-state index contributed by atoms with van der Waals surface area (Å²) < 4.78 is 6.85. The van der Waals surface area contributed by atoms with Gasteiger partial charge in [0, 0.05) is 11.8 Å². The number of hydrogen-bond donors (Lipinski definition) is 0. The van der Waals surface area contributed by atoms with E-state index in [1.54, 1.807) is 17.9 Å². The van der Waals surface area contributed by atoms with Gasteiger partial charge in [-0.3, -0.25) is 4.79 Å². The van der Waals surface area contributed by atoms with Crippen LogP contribution in [0.1, 0.15) is 16.2 Å². The first-order chi connectivity index (χ1) is 7.74. The van der Waals surface area contributed by atoms with Gasteiger partial charge in [-0.25, -0.2) is 4.68 Å². The van der Waals surface area contributed by atoms with E-state index in [1.807, 2.05) is 31.2 Å². The molecule has 0 radical (unpaired) electrons. The van der Waals surface area contributed by atoms with Crippen LogP contribution in [0, 0.1) is 6.92 Å². The normalized spacial score (nSPS) is 10.1. The Hall–Kier alpha value is -2.10. The highest BCUT2D eigenvalue weighted by atomic mass is 16.5. The van der Waals surface area contributed by atoms with Crippen molar-refractivity contribution in [3.8, 4) is 11.4 Å². The highest BCUT2D eigenvalue weighted by Gasteiger charge is 2.05. The van der Waals surface area contributed by atoms with Crippen molar-refractivity contribution in [2.75, 3.05) is 7.11 Å². The number of ether oxygens (including phenoxy) is 1. The number of nitrogens with zero attached hydrogens (tertiary/aromatic N) is 2. The average Bonchev–Trinajstić information content (AvgIpc) is 2.71. The number of methoxy groups -OCH3 is 1. The molecule has 0 amide bonds. The second-order valence-electron chi connectivity index (χ2n) is 3.44. The fourth-order valence-electron chi connectivity index (χ4n) is 1.56. The molecule has 1 aromatic heterocycles. The zero-order chi connectivity index (χ0) is 11.5.